The molecule has 0 aliphatic carbocycles. The summed E-state index contributed by atoms with van der Waals surface area (Å²) in [5.41, 5.74) is 1.94. The van der Waals surface area contributed by atoms with Crippen molar-refractivity contribution in [3.05, 3.63) is 41.4 Å². The van der Waals surface area contributed by atoms with Crippen LogP contribution in [0.25, 0.3) is 5.69 Å². The summed E-state index contributed by atoms with van der Waals surface area (Å²) in [6.45, 7) is 2.11. The Morgan fingerprint density at radius 2 is 2.33 bits per heavy atom. The van der Waals surface area contributed by atoms with E-state index in [4.69, 9.17) is 16.3 Å². The third kappa shape index (κ3) is 3.07. The Hall–Kier alpha value is -1.43. The van der Waals surface area contributed by atoms with Gasteiger partial charge in [0.1, 0.15) is 12.7 Å². The number of ether oxygens (including phenoxy) is 1. The van der Waals surface area contributed by atoms with Gasteiger partial charge < -0.3 is 10.1 Å². The van der Waals surface area contributed by atoms with Gasteiger partial charge in [-0.1, -0.05) is 17.7 Å². The normalized spacial score (nSPS) is 10.8. The van der Waals surface area contributed by atoms with Crippen molar-refractivity contribution < 1.29 is 4.74 Å². The molecule has 0 radical (unpaired) electrons. The van der Waals surface area contributed by atoms with Gasteiger partial charge in [0.15, 0.2) is 0 Å². The molecule has 1 aromatic carbocycles. The second-order valence-corrected chi connectivity index (χ2v) is 4.15. The number of hydrogen-bond donors (Lipinski definition) is 1. The van der Waals surface area contributed by atoms with Crippen molar-refractivity contribution in [2.75, 3.05) is 20.3 Å². The highest BCUT2D eigenvalue weighted by Gasteiger charge is 2.08. The zero-order valence-electron chi connectivity index (χ0n) is 10.1. The summed E-state index contributed by atoms with van der Waals surface area (Å²) < 4.78 is 6.70. The number of rotatable bonds is 6. The zero-order chi connectivity index (χ0) is 12.8. The maximum absolute atomic E-state index is 6.23. The Morgan fingerprint density at radius 3 is 3.06 bits per heavy atom. The largest absolute Gasteiger partial charge is 0.383 e. The fraction of sp³-hybridized carbons (Fsp3) is 0.333. The van der Waals surface area contributed by atoms with E-state index < -0.39 is 0 Å². The molecular formula is C12H15ClN4O. The van der Waals surface area contributed by atoms with Gasteiger partial charge in [-0.25, -0.2) is 9.67 Å². The first-order valence-electron chi connectivity index (χ1n) is 5.65. The van der Waals surface area contributed by atoms with E-state index in [1.807, 2.05) is 18.2 Å². The van der Waals surface area contributed by atoms with Crippen LogP contribution < -0.4 is 5.32 Å². The van der Waals surface area contributed by atoms with E-state index >= 15 is 0 Å². The van der Waals surface area contributed by atoms with Crippen LogP contribution in [0.15, 0.2) is 30.9 Å². The van der Waals surface area contributed by atoms with Gasteiger partial charge in [0, 0.05) is 30.8 Å². The van der Waals surface area contributed by atoms with Crippen molar-refractivity contribution in [2.45, 2.75) is 6.54 Å². The second kappa shape index (κ2) is 6.49. The lowest BCUT2D eigenvalue weighted by molar-refractivity contribution is 0.199. The number of aromatic nitrogens is 3. The highest BCUT2D eigenvalue weighted by atomic mass is 35.5. The van der Waals surface area contributed by atoms with Crippen LogP contribution >= 0.6 is 11.6 Å². The van der Waals surface area contributed by atoms with Gasteiger partial charge >= 0.3 is 0 Å². The molecule has 2 rings (SSSR count). The SMILES string of the molecule is COCCNCc1c(Cl)cccc1-n1cncn1. The molecule has 0 atom stereocenters. The quantitative estimate of drug-likeness (QED) is 0.808. The average Bonchev–Trinajstić information content (AvgIpc) is 2.89. The van der Waals surface area contributed by atoms with Crippen molar-refractivity contribution >= 4 is 11.6 Å². The molecule has 2 aromatic rings. The van der Waals surface area contributed by atoms with Crippen LogP contribution in [-0.4, -0.2) is 35.0 Å². The minimum Gasteiger partial charge on any atom is -0.383 e. The van der Waals surface area contributed by atoms with Gasteiger partial charge in [-0.05, 0) is 12.1 Å². The summed E-state index contributed by atoms with van der Waals surface area (Å²) in [5.74, 6) is 0. The fourth-order valence-corrected chi connectivity index (χ4v) is 1.89. The molecule has 0 spiro atoms. The van der Waals surface area contributed by atoms with Crippen LogP contribution in [0.1, 0.15) is 5.56 Å². The van der Waals surface area contributed by atoms with E-state index in [2.05, 4.69) is 15.4 Å². The maximum atomic E-state index is 6.23. The van der Waals surface area contributed by atoms with Crippen molar-refractivity contribution in [3.63, 3.8) is 0 Å². The predicted octanol–water partition coefficient (Wildman–Crippen LogP) is 1.66. The van der Waals surface area contributed by atoms with Crippen LogP contribution in [0.4, 0.5) is 0 Å². The molecule has 0 aliphatic rings. The van der Waals surface area contributed by atoms with Crippen molar-refractivity contribution in [3.8, 4) is 5.69 Å². The third-order valence-electron chi connectivity index (χ3n) is 2.54. The minimum absolute atomic E-state index is 0.665. The van der Waals surface area contributed by atoms with Crippen LogP contribution in [0.3, 0.4) is 0 Å². The number of benzene rings is 1. The van der Waals surface area contributed by atoms with Gasteiger partial charge in [0.2, 0.25) is 0 Å². The van der Waals surface area contributed by atoms with Gasteiger partial charge in [-0.2, -0.15) is 5.10 Å². The Kier molecular flexibility index (Phi) is 4.69. The third-order valence-corrected chi connectivity index (χ3v) is 2.90. The topological polar surface area (TPSA) is 52.0 Å². The molecule has 6 heteroatoms. The standard InChI is InChI=1S/C12H15ClN4O/c1-18-6-5-14-7-10-11(13)3-2-4-12(10)17-9-15-8-16-17/h2-4,8-9,14H,5-7H2,1H3. The highest BCUT2D eigenvalue weighted by molar-refractivity contribution is 6.31. The van der Waals surface area contributed by atoms with Crippen LogP contribution in [0.2, 0.25) is 5.02 Å². The Labute approximate surface area is 111 Å². The molecule has 5 nitrogen and oxygen atoms in total. The van der Waals surface area contributed by atoms with E-state index in [-0.39, 0.29) is 0 Å². The lowest BCUT2D eigenvalue weighted by atomic mass is 10.1. The lowest BCUT2D eigenvalue weighted by Crippen LogP contribution is -2.20. The molecule has 0 fully saturated rings. The van der Waals surface area contributed by atoms with E-state index in [9.17, 15) is 0 Å². The van der Waals surface area contributed by atoms with Crippen LogP contribution in [0, 0.1) is 0 Å². The molecule has 1 aromatic heterocycles. The maximum Gasteiger partial charge on any atom is 0.138 e. The minimum atomic E-state index is 0.665. The first kappa shape index (κ1) is 13.0. The molecule has 1 heterocycles. The molecule has 0 bridgehead atoms. The van der Waals surface area contributed by atoms with Gasteiger partial charge in [0.25, 0.3) is 0 Å². The average molecular weight is 267 g/mol. The molecular weight excluding hydrogens is 252 g/mol. The Balaban J connectivity index is 2.17. The number of nitrogens with zero attached hydrogens (tertiary/aromatic N) is 3. The summed E-state index contributed by atoms with van der Waals surface area (Å²) in [5, 5.41) is 8.12. The van der Waals surface area contributed by atoms with E-state index in [1.165, 1.54) is 6.33 Å². The van der Waals surface area contributed by atoms with E-state index in [1.54, 1.807) is 18.1 Å². The molecule has 18 heavy (non-hydrogen) atoms. The summed E-state index contributed by atoms with van der Waals surface area (Å²) in [6.07, 6.45) is 3.16. The fourth-order valence-electron chi connectivity index (χ4n) is 1.66. The Morgan fingerprint density at radius 1 is 1.44 bits per heavy atom. The molecule has 0 saturated carbocycles. The number of hydrogen-bond acceptors (Lipinski definition) is 4. The lowest BCUT2D eigenvalue weighted by Gasteiger charge is -2.11. The Bertz CT molecular complexity index is 487. The van der Waals surface area contributed by atoms with Gasteiger partial charge in [-0.15, -0.1) is 0 Å². The van der Waals surface area contributed by atoms with E-state index in [0.717, 1.165) is 17.8 Å². The highest BCUT2D eigenvalue weighted by Crippen LogP contribution is 2.22. The summed E-state index contributed by atoms with van der Waals surface area (Å²) in [7, 11) is 1.68. The monoisotopic (exact) mass is 266 g/mol. The molecule has 96 valence electrons. The summed E-state index contributed by atoms with van der Waals surface area (Å²) in [6, 6.07) is 5.74. The zero-order valence-corrected chi connectivity index (χ0v) is 10.9. The number of methoxy groups -OCH3 is 1. The van der Waals surface area contributed by atoms with Crippen molar-refractivity contribution in [1.82, 2.24) is 20.1 Å². The predicted molar refractivity (Wildman–Crippen MR) is 70.0 cm³/mol. The number of halogens is 1. The van der Waals surface area contributed by atoms with Crippen molar-refractivity contribution in [2.24, 2.45) is 0 Å². The second-order valence-electron chi connectivity index (χ2n) is 3.75. The summed E-state index contributed by atoms with van der Waals surface area (Å²) in [4.78, 5) is 3.95. The number of nitrogens with one attached hydrogen (secondary N) is 1. The first-order valence-corrected chi connectivity index (χ1v) is 6.02. The van der Waals surface area contributed by atoms with Gasteiger partial charge in [-0.3, -0.25) is 0 Å². The van der Waals surface area contributed by atoms with Crippen LogP contribution in [-0.2, 0) is 11.3 Å². The molecule has 0 aliphatic heterocycles. The van der Waals surface area contributed by atoms with E-state index in [0.29, 0.717) is 18.2 Å². The van der Waals surface area contributed by atoms with Gasteiger partial charge in [0.05, 0.1) is 12.3 Å². The smallest absolute Gasteiger partial charge is 0.138 e. The first-order chi connectivity index (χ1) is 8.83. The summed E-state index contributed by atoms with van der Waals surface area (Å²) >= 11 is 6.23. The molecule has 0 amide bonds. The van der Waals surface area contributed by atoms with Crippen molar-refractivity contribution in [1.29, 1.82) is 0 Å². The van der Waals surface area contributed by atoms with Crippen LogP contribution in [0.5, 0.6) is 0 Å². The molecule has 0 saturated heterocycles. The molecule has 1 N–H and O–H groups in total. The molecule has 0 unspecified atom stereocenters.